The van der Waals surface area contributed by atoms with Gasteiger partial charge < -0.3 is 9.47 Å². The molecule has 1 aliphatic rings. The van der Waals surface area contributed by atoms with Crippen molar-refractivity contribution >= 4 is 38.3 Å². The van der Waals surface area contributed by atoms with E-state index in [-0.39, 0.29) is 49.1 Å². The van der Waals surface area contributed by atoms with Crippen LogP contribution in [0.25, 0.3) is 27.7 Å². The summed E-state index contributed by atoms with van der Waals surface area (Å²) in [6.45, 7) is 3.31. The van der Waals surface area contributed by atoms with E-state index in [0.717, 1.165) is 22.5 Å². The third-order valence-corrected chi connectivity index (χ3v) is 9.32. The van der Waals surface area contributed by atoms with Crippen molar-refractivity contribution < 1.29 is 22.4 Å². The number of fused-ring (bicyclic) bond motifs is 2. The number of nitrogens with zero attached hydrogens (tertiary/aromatic N) is 5. The van der Waals surface area contributed by atoms with Crippen molar-refractivity contribution in [1.29, 1.82) is 0 Å². The molecule has 6 rings (SSSR count). The molecule has 0 unspecified atom stereocenters. The first-order valence-corrected chi connectivity index (χ1v) is 15.5. The van der Waals surface area contributed by atoms with Crippen LogP contribution in [0.1, 0.15) is 35.8 Å². The molecule has 5 aromatic rings. The third-order valence-electron chi connectivity index (χ3n) is 7.84. The summed E-state index contributed by atoms with van der Waals surface area (Å²) in [6, 6.07) is 15.1. The number of carbonyl (C=O) groups excluding carboxylic acids is 2. The number of alkyl halides is 1. The van der Waals surface area contributed by atoms with Crippen LogP contribution in [0.15, 0.2) is 78.1 Å². The molecule has 2 aromatic carbocycles. The first-order chi connectivity index (χ1) is 20.6. The summed E-state index contributed by atoms with van der Waals surface area (Å²) in [7, 11) is -3.71. The average Bonchev–Trinajstić information content (AvgIpc) is 3.66. The number of aromatic nitrogens is 4. The number of sulfonamides is 1. The second kappa shape index (κ2) is 11.3. The summed E-state index contributed by atoms with van der Waals surface area (Å²) in [5.41, 5.74) is 4.45. The standard InChI is InChI=1S/C31H31FN6O4S/c1-20-12-30-33-15-23(16-38(30)35-20)22-8-9-29-27(13-22)28(21(2)39)18-36(29)19-31(40)37-17-24(32)14-25(37)10-11-34-43(41,42)26-6-4-3-5-7-26/h3-9,12-13,15-16,18,24-25,34H,10-11,14,17,19H2,1-2H3/t24-,25-/m1/s1. The molecule has 1 saturated heterocycles. The quantitative estimate of drug-likeness (QED) is 0.253. The fourth-order valence-corrected chi connectivity index (χ4v) is 6.82. The molecule has 4 heterocycles. The van der Waals surface area contributed by atoms with E-state index in [1.807, 2.05) is 37.4 Å². The SMILES string of the molecule is CC(=O)c1cn(CC(=O)N2C[C@H](F)C[C@H]2CCNS(=O)(=O)c2ccccc2)c2ccc(-c3cnc4cc(C)nn4c3)cc12. The van der Waals surface area contributed by atoms with Crippen molar-refractivity contribution in [1.82, 2.24) is 28.8 Å². The van der Waals surface area contributed by atoms with Gasteiger partial charge in [-0.05, 0) is 50.1 Å². The monoisotopic (exact) mass is 602 g/mol. The Morgan fingerprint density at radius 3 is 2.63 bits per heavy atom. The molecule has 0 bridgehead atoms. The van der Waals surface area contributed by atoms with Gasteiger partial charge in [0.1, 0.15) is 12.7 Å². The van der Waals surface area contributed by atoms with Gasteiger partial charge in [-0.3, -0.25) is 9.59 Å². The molecule has 1 amide bonds. The fraction of sp³-hybridized carbons (Fsp3) is 0.290. The summed E-state index contributed by atoms with van der Waals surface area (Å²) in [5.74, 6) is -0.436. The van der Waals surface area contributed by atoms with Gasteiger partial charge in [0.2, 0.25) is 15.9 Å². The maximum absolute atomic E-state index is 14.5. The topological polar surface area (TPSA) is 119 Å². The third kappa shape index (κ3) is 5.80. The molecule has 0 saturated carbocycles. The summed E-state index contributed by atoms with van der Waals surface area (Å²) < 4.78 is 45.7. The lowest BCUT2D eigenvalue weighted by Crippen LogP contribution is -2.40. The Balaban J connectivity index is 1.20. The van der Waals surface area contributed by atoms with Crippen LogP contribution in [-0.4, -0.2) is 69.5 Å². The van der Waals surface area contributed by atoms with E-state index >= 15 is 0 Å². The molecule has 2 atom stereocenters. The number of nitrogens with one attached hydrogen (secondary N) is 1. The van der Waals surface area contributed by atoms with Crippen molar-refractivity contribution in [2.24, 2.45) is 0 Å². The van der Waals surface area contributed by atoms with Gasteiger partial charge in [0.05, 0.1) is 17.1 Å². The Kier molecular flexibility index (Phi) is 7.57. The second-order valence-corrected chi connectivity index (χ2v) is 12.7. The Hall–Kier alpha value is -4.42. The molecule has 222 valence electrons. The molecule has 1 aliphatic heterocycles. The van der Waals surface area contributed by atoms with Crippen LogP contribution in [0.3, 0.4) is 0 Å². The van der Waals surface area contributed by atoms with Crippen LogP contribution in [0.2, 0.25) is 0 Å². The summed E-state index contributed by atoms with van der Waals surface area (Å²) in [5, 5.41) is 5.13. The summed E-state index contributed by atoms with van der Waals surface area (Å²) >= 11 is 0. The van der Waals surface area contributed by atoms with Gasteiger partial charge in [0.25, 0.3) is 0 Å². The fourth-order valence-electron chi connectivity index (χ4n) is 5.75. The molecule has 1 fully saturated rings. The number of aryl methyl sites for hydroxylation is 1. The molecule has 0 aliphatic carbocycles. The van der Waals surface area contributed by atoms with Crippen molar-refractivity contribution in [3.05, 3.63) is 84.4 Å². The first kappa shape index (κ1) is 28.7. The van der Waals surface area contributed by atoms with E-state index in [2.05, 4.69) is 14.8 Å². The number of benzene rings is 2. The molecule has 0 spiro atoms. The Morgan fingerprint density at radius 2 is 1.86 bits per heavy atom. The Morgan fingerprint density at radius 1 is 1.07 bits per heavy atom. The Bertz CT molecular complexity index is 1950. The van der Waals surface area contributed by atoms with Crippen LogP contribution in [0.5, 0.6) is 0 Å². The highest BCUT2D eigenvalue weighted by atomic mass is 32.2. The molecule has 12 heteroatoms. The lowest BCUT2D eigenvalue weighted by atomic mass is 10.0. The van der Waals surface area contributed by atoms with Crippen molar-refractivity contribution in [3.63, 3.8) is 0 Å². The minimum absolute atomic E-state index is 0.0553. The van der Waals surface area contributed by atoms with Crippen LogP contribution >= 0.6 is 0 Å². The smallest absolute Gasteiger partial charge is 0.242 e. The van der Waals surface area contributed by atoms with E-state index in [4.69, 9.17) is 0 Å². The zero-order chi connectivity index (χ0) is 30.3. The molecule has 10 nitrogen and oxygen atoms in total. The van der Waals surface area contributed by atoms with E-state index in [1.165, 1.54) is 24.0 Å². The minimum Gasteiger partial charge on any atom is -0.337 e. The van der Waals surface area contributed by atoms with Gasteiger partial charge in [-0.2, -0.15) is 5.10 Å². The number of likely N-dealkylation sites (tertiary alicyclic amines) is 1. The molecule has 1 N–H and O–H groups in total. The molecular weight excluding hydrogens is 571 g/mol. The number of hydrogen-bond acceptors (Lipinski definition) is 6. The largest absolute Gasteiger partial charge is 0.337 e. The maximum Gasteiger partial charge on any atom is 0.242 e. The highest BCUT2D eigenvalue weighted by Crippen LogP contribution is 2.30. The van der Waals surface area contributed by atoms with Crippen LogP contribution in [0.4, 0.5) is 4.39 Å². The zero-order valence-electron chi connectivity index (χ0n) is 23.8. The number of amides is 1. The zero-order valence-corrected chi connectivity index (χ0v) is 24.6. The molecule has 43 heavy (non-hydrogen) atoms. The van der Waals surface area contributed by atoms with Gasteiger partial charge in [0, 0.05) is 65.7 Å². The molecule has 3 aromatic heterocycles. The van der Waals surface area contributed by atoms with E-state index in [1.54, 1.807) is 39.7 Å². The van der Waals surface area contributed by atoms with Gasteiger partial charge in [-0.25, -0.2) is 27.0 Å². The summed E-state index contributed by atoms with van der Waals surface area (Å²) in [4.78, 5) is 32.2. The predicted molar refractivity (Wildman–Crippen MR) is 160 cm³/mol. The van der Waals surface area contributed by atoms with E-state index in [0.29, 0.717) is 16.5 Å². The number of rotatable bonds is 9. The van der Waals surface area contributed by atoms with Crippen molar-refractivity contribution in [3.8, 4) is 11.1 Å². The normalized spacial score (nSPS) is 17.2. The van der Waals surface area contributed by atoms with Crippen LogP contribution in [0, 0.1) is 6.92 Å². The highest BCUT2D eigenvalue weighted by molar-refractivity contribution is 7.89. The van der Waals surface area contributed by atoms with Crippen molar-refractivity contribution in [2.75, 3.05) is 13.1 Å². The van der Waals surface area contributed by atoms with Gasteiger partial charge in [-0.1, -0.05) is 24.3 Å². The minimum atomic E-state index is -3.71. The molecule has 0 radical (unpaired) electrons. The van der Waals surface area contributed by atoms with Gasteiger partial charge in [0.15, 0.2) is 11.4 Å². The lowest BCUT2D eigenvalue weighted by Gasteiger charge is -2.25. The lowest BCUT2D eigenvalue weighted by molar-refractivity contribution is -0.132. The van der Waals surface area contributed by atoms with Crippen molar-refractivity contribution in [2.45, 2.75) is 50.3 Å². The first-order valence-electron chi connectivity index (χ1n) is 14.0. The average molecular weight is 603 g/mol. The van der Waals surface area contributed by atoms with Gasteiger partial charge in [-0.15, -0.1) is 0 Å². The molecular formula is C31H31FN6O4S. The van der Waals surface area contributed by atoms with E-state index < -0.39 is 22.2 Å². The Labute approximate surface area is 248 Å². The van der Waals surface area contributed by atoms with Crippen LogP contribution < -0.4 is 4.72 Å². The van der Waals surface area contributed by atoms with Crippen LogP contribution in [-0.2, 0) is 21.4 Å². The second-order valence-electron chi connectivity index (χ2n) is 10.9. The number of halogens is 1. The van der Waals surface area contributed by atoms with Gasteiger partial charge >= 0.3 is 0 Å². The number of carbonyl (C=O) groups is 2. The summed E-state index contributed by atoms with van der Waals surface area (Å²) in [6.07, 6.45) is 4.53. The predicted octanol–water partition coefficient (Wildman–Crippen LogP) is 4.17. The highest BCUT2D eigenvalue weighted by Gasteiger charge is 2.35. The maximum atomic E-state index is 14.5. The number of Topliss-reactive ketones (excluding diaryl/α,β-unsaturated/α-hetero) is 1. The van der Waals surface area contributed by atoms with E-state index in [9.17, 15) is 22.4 Å². The number of hydrogen-bond donors (Lipinski definition) is 1. The number of ketones is 1.